The average molecular weight is 337 g/mol. The Morgan fingerprint density at radius 3 is 2.45 bits per heavy atom. The molecule has 5 nitrogen and oxygen atoms in total. The predicted octanol–water partition coefficient (Wildman–Crippen LogP) is 1.26. The third-order valence-electron chi connectivity index (χ3n) is 2.15. The molecule has 0 aliphatic carbocycles. The van der Waals surface area contributed by atoms with Crippen molar-refractivity contribution in [2.45, 2.75) is 17.2 Å². The van der Waals surface area contributed by atoms with Crippen molar-refractivity contribution >= 4 is 27.3 Å². The summed E-state index contributed by atoms with van der Waals surface area (Å²) in [6.07, 6.45) is -7.93. The molecule has 0 aliphatic rings. The van der Waals surface area contributed by atoms with E-state index < -0.39 is 44.6 Å². The normalized spacial score (nSPS) is 14.3. The van der Waals surface area contributed by atoms with Crippen LogP contribution in [0.2, 0.25) is 5.02 Å². The molecule has 0 aromatic heterocycles. The van der Waals surface area contributed by atoms with Gasteiger partial charge in [-0.2, -0.15) is 13.2 Å². The highest BCUT2D eigenvalue weighted by molar-refractivity contribution is 7.89. The Bertz CT molecular complexity index is 606. The number of anilines is 1. The highest BCUT2D eigenvalue weighted by Gasteiger charge is 2.39. The summed E-state index contributed by atoms with van der Waals surface area (Å²) in [6, 6.07) is 1.64. The molecule has 0 radical (unpaired) electrons. The van der Waals surface area contributed by atoms with Gasteiger partial charge in [-0.15, -0.1) is 0 Å². The number of hydrogen-bond acceptors (Lipinski definition) is 4. The molecule has 0 saturated carbocycles. The maximum Gasteiger partial charge on any atom is 0.415 e. The lowest BCUT2D eigenvalue weighted by Crippen LogP contribution is -2.40. The topological polar surface area (TPSA) is 92.4 Å². The summed E-state index contributed by atoms with van der Waals surface area (Å²) in [7, 11) is -4.64. The van der Waals surface area contributed by atoms with Crippen LogP contribution in [0.15, 0.2) is 17.0 Å². The first-order valence-corrected chi connectivity index (χ1v) is 6.80. The number of aliphatic hydroxyl groups excluding tert-OH is 1. The SMILES string of the molecule is Nc1cc(Cl)c(F)c(S(=O)(=O)NCC(O)C(F)(F)F)c1. The van der Waals surface area contributed by atoms with Crippen LogP contribution in [0.3, 0.4) is 0 Å². The molecule has 11 heteroatoms. The van der Waals surface area contributed by atoms with Gasteiger partial charge in [0, 0.05) is 12.2 Å². The maximum absolute atomic E-state index is 13.5. The summed E-state index contributed by atoms with van der Waals surface area (Å²) in [5, 5.41) is 8.08. The van der Waals surface area contributed by atoms with Crippen molar-refractivity contribution in [1.82, 2.24) is 4.72 Å². The van der Waals surface area contributed by atoms with Crippen molar-refractivity contribution in [2.75, 3.05) is 12.3 Å². The van der Waals surface area contributed by atoms with Gasteiger partial charge < -0.3 is 10.8 Å². The molecule has 0 amide bonds. The van der Waals surface area contributed by atoms with Crippen molar-refractivity contribution in [3.63, 3.8) is 0 Å². The summed E-state index contributed by atoms with van der Waals surface area (Å²) in [5.41, 5.74) is 5.09. The van der Waals surface area contributed by atoms with E-state index in [0.717, 1.165) is 6.07 Å². The maximum atomic E-state index is 13.5. The largest absolute Gasteiger partial charge is 0.415 e. The van der Waals surface area contributed by atoms with Gasteiger partial charge in [0.1, 0.15) is 4.90 Å². The molecule has 20 heavy (non-hydrogen) atoms. The molecule has 114 valence electrons. The van der Waals surface area contributed by atoms with Gasteiger partial charge >= 0.3 is 6.18 Å². The summed E-state index contributed by atoms with van der Waals surface area (Å²) in [4.78, 5) is -1.00. The van der Waals surface area contributed by atoms with Gasteiger partial charge in [-0.05, 0) is 12.1 Å². The molecular formula is C9H9ClF4N2O3S. The van der Waals surface area contributed by atoms with E-state index in [1.807, 2.05) is 0 Å². The van der Waals surface area contributed by atoms with Crippen molar-refractivity contribution in [2.24, 2.45) is 0 Å². The number of aliphatic hydroxyl groups is 1. The van der Waals surface area contributed by atoms with Crippen molar-refractivity contribution in [3.05, 3.63) is 23.0 Å². The van der Waals surface area contributed by atoms with Gasteiger partial charge in [0.2, 0.25) is 10.0 Å². The van der Waals surface area contributed by atoms with E-state index in [-0.39, 0.29) is 5.69 Å². The van der Waals surface area contributed by atoms with E-state index in [2.05, 4.69) is 0 Å². The van der Waals surface area contributed by atoms with Crippen LogP contribution in [0.4, 0.5) is 23.2 Å². The number of halogens is 5. The summed E-state index contributed by atoms with van der Waals surface area (Å²) in [5.74, 6) is -1.35. The quantitative estimate of drug-likeness (QED) is 0.570. The van der Waals surface area contributed by atoms with Crippen LogP contribution in [-0.4, -0.2) is 32.3 Å². The number of rotatable bonds is 4. The number of hydrogen-bond donors (Lipinski definition) is 3. The van der Waals surface area contributed by atoms with Crippen molar-refractivity contribution in [1.29, 1.82) is 0 Å². The molecule has 4 N–H and O–H groups in total. The van der Waals surface area contributed by atoms with E-state index in [0.29, 0.717) is 6.07 Å². The number of nitrogens with one attached hydrogen (secondary N) is 1. The Morgan fingerprint density at radius 1 is 1.40 bits per heavy atom. The van der Waals surface area contributed by atoms with Crippen LogP contribution >= 0.6 is 11.6 Å². The second kappa shape index (κ2) is 5.72. The molecule has 0 heterocycles. The number of benzene rings is 1. The highest BCUT2D eigenvalue weighted by atomic mass is 35.5. The first kappa shape index (κ1) is 17.0. The third kappa shape index (κ3) is 3.95. The lowest BCUT2D eigenvalue weighted by molar-refractivity contribution is -0.200. The zero-order valence-electron chi connectivity index (χ0n) is 9.58. The predicted molar refractivity (Wildman–Crippen MR) is 63.1 cm³/mol. The third-order valence-corrected chi connectivity index (χ3v) is 3.85. The number of nitrogens with two attached hydrogens (primary N) is 1. The summed E-state index contributed by atoms with van der Waals surface area (Å²) >= 11 is 5.38. The molecule has 1 rings (SSSR count). The minimum Gasteiger partial charge on any atom is -0.399 e. The van der Waals surface area contributed by atoms with Crippen LogP contribution in [0.5, 0.6) is 0 Å². The molecule has 0 fully saturated rings. The monoisotopic (exact) mass is 336 g/mol. The number of nitrogen functional groups attached to an aromatic ring is 1. The molecule has 1 atom stereocenters. The van der Waals surface area contributed by atoms with E-state index >= 15 is 0 Å². The number of sulfonamides is 1. The molecule has 0 bridgehead atoms. The van der Waals surface area contributed by atoms with Gasteiger partial charge in [-0.25, -0.2) is 17.5 Å². The molecule has 1 unspecified atom stereocenters. The van der Waals surface area contributed by atoms with Gasteiger partial charge in [0.25, 0.3) is 0 Å². The van der Waals surface area contributed by atoms with Gasteiger partial charge in [-0.3, -0.25) is 0 Å². The van der Waals surface area contributed by atoms with E-state index in [9.17, 15) is 26.0 Å². The van der Waals surface area contributed by atoms with Gasteiger partial charge in [0.15, 0.2) is 11.9 Å². The summed E-state index contributed by atoms with van der Waals surface area (Å²) in [6.45, 7) is -1.36. The molecule has 1 aromatic carbocycles. The van der Waals surface area contributed by atoms with E-state index in [1.54, 1.807) is 0 Å². The summed E-state index contributed by atoms with van der Waals surface area (Å²) < 4.78 is 74.4. The molecular weight excluding hydrogens is 328 g/mol. The zero-order chi connectivity index (χ0) is 15.7. The van der Waals surface area contributed by atoms with Gasteiger partial charge in [0.05, 0.1) is 5.02 Å². The Balaban J connectivity index is 3.02. The minimum atomic E-state index is -5.01. The molecule has 0 saturated heterocycles. The zero-order valence-corrected chi connectivity index (χ0v) is 11.2. The lowest BCUT2D eigenvalue weighted by atomic mass is 10.3. The standard InChI is InChI=1S/C9H9ClF4N2O3S/c10-5-1-4(15)2-6(8(5)11)20(18,19)16-3-7(17)9(12,13)14/h1-2,7,16-17H,3,15H2. The average Bonchev–Trinajstić information content (AvgIpc) is 2.29. The van der Waals surface area contributed by atoms with Crippen molar-refractivity contribution < 1.29 is 31.1 Å². The molecule has 1 aromatic rings. The second-order valence-electron chi connectivity index (χ2n) is 3.72. The first-order valence-electron chi connectivity index (χ1n) is 4.94. The van der Waals surface area contributed by atoms with Gasteiger partial charge in [-0.1, -0.05) is 11.6 Å². The fraction of sp³-hybridized carbons (Fsp3) is 0.333. The Labute approximate surface area is 116 Å². The lowest BCUT2D eigenvalue weighted by Gasteiger charge is -2.15. The minimum absolute atomic E-state index is 0.187. The fourth-order valence-electron chi connectivity index (χ4n) is 1.16. The second-order valence-corrected chi connectivity index (χ2v) is 5.87. The first-order chi connectivity index (χ1) is 8.95. The Hall–Kier alpha value is -1.10. The van der Waals surface area contributed by atoms with Crippen LogP contribution in [0.1, 0.15) is 0 Å². The Kier molecular flexibility index (Phi) is 4.85. The smallest absolute Gasteiger partial charge is 0.399 e. The van der Waals surface area contributed by atoms with Crippen LogP contribution in [-0.2, 0) is 10.0 Å². The van der Waals surface area contributed by atoms with E-state index in [4.69, 9.17) is 22.4 Å². The Morgan fingerprint density at radius 2 is 1.95 bits per heavy atom. The van der Waals surface area contributed by atoms with Crippen LogP contribution in [0.25, 0.3) is 0 Å². The molecule has 0 aliphatic heterocycles. The molecule has 0 spiro atoms. The van der Waals surface area contributed by atoms with Crippen LogP contribution < -0.4 is 10.5 Å². The fourth-order valence-corrected chi connectivity index (χ4v) is 2.62. The highest BCUT2D eigenvalue weighted by Crippen LogP contribution is 2.26. The van der Waals surface area contributed by atoms with E-state index in [1.165, 1.54) is 4.72 Å². The van der Waals surface area contributed by atoms with Crippen LogP contribution in [0, 0.1) is 5.82 Å². The number of alkyl halides is 3. The van der Waals surface area contributed by atoms with Crippen molar-refractivity contribution in [3.8, 4) is 0 Å².